The summed E-state index contributed by atoms with van der Waals surface area (Å²) in [6, 6.07) is 58.5. The SMILES string of the molecule is C[C@H](N=Cc1ccc(OCc2ccc(-c3ccccn3)nc2)cn1)c1ccc([N+](=O)[O-])cc1.C[C@H](N=Cc1ccc(OCc2ccc(-c3ccccn3)nc2)cn1)c1ccc([N+](=O)[O-])cc1.C[C@H](N=Cc1ccc(OCc2ccc(-c3ccccn3)nc2)cn1)c1ccc([N+](=O)[O-])cc1.[Cl-].[Cl-].[Cl-].[Cl-].[Fe+2].[Fe+2]. The van der Waals surface area contributed by atoms with E-state index >= 15 is 0 Å². The molecule has 3 aromatic carbocycles. The number of ether oxygens (including phenoxy) is 3. The Morgan fingerprint density at radius 1 is 0.324 bits per heavy atom. The van der Waals surface area contributed by atoms with E-state index in [1.807, 2.05) is 148 Å². The predicted octanol–water partition coefficient (Wildman–Crippen LogP) is 3.63. The van der Waals surface area contributed by atoms with Gasteiger partial charge in [-0.3, -0.25) is 90.2 Å². The van der Waals surface area contributed by atoms with Gasteiger partial charge in [-0.1, -0.05) is 72.8 Å². The minimum absolute atomic E-state index is 0. The monoisotopic (exact) mass is 1570 g/mol. The van der Waals surface area contributed by atoms with Crippen molar-refractivity contribution in [2.45, 2.75) is 58.7 Å². The molecule has 30 heteroatoms. The van der Waals surface area contributed by atoms with Gasteiger partial charge in [0, 0.05) is 109 Å². The number of hydrogen-bond donors (Lipinski definition) is 0. The molecule has 12 rings (SSSR count). The van der Waals surface area contributed by atoms with Crippen molar-refractivity contribution in [3.05, 3.63) is 337 Å². The smallest absolute Gasteiger partial charge is 1.00 e. The molecule has 0 saturated heterocycles. The minimum Gasteiger partial charge on any atom is -1.00 e. The number of benzene rings is 3. The maximum atomic E-state index is 10.8. The molecule has 3 atom stereocenters. The van der Waals surface area contributed by atoms with Crippen LogP contribution in [0.2, 0.25) is 0 Å². The Morgan fingerprint density at radius 3 is 0.781 bits per heavy atom. The summed E-state index contributed by atoms with van der Waals surface area (Å²) in [5.41, 5.74) is 12.7. The Hall–Kier alpha value is -11.2. The Kier molecular flexibility index (Phi) is 36.4. The Labute approximate surface area is 650 Å². The first-order valence-corrected chi connectivity index (χ1v) is 30.9. The van der Waals surface area contributed by atoms with E-state index in [1.165, 1.54) is 36.4 Å². The second-order valence-electron chi connectivity index (χ2n) is 21.8. The van der Waals surface area contributed by atoms with Crippen molar-refractivity contribution in [1.29, 1.82) is 0 Å². The van der Waals surface area contributed by atoms with Gasteiger partial charge < -0.3 is 63.8 Å². The van der Waals surface area contributed by atoms with Crippen LogP contribution in [0, 0.1) is 30.3 Å². The van der Waals surface area contributed by atoms with Gasteiger partial charge in [-0.05, 0) is 128 Å². The molecular formula is C75H63Cl4Fe2N15O9. The molecule has 0 spiro atoms. The van der Waals surface area contributed by atoms with Crippen LogP contribution in [0.3, 0.4) is 0 Å². The van der Waals surface area contributed by atoms with Gasteiger partial charge in [0.2, 0.25) is 0 Å². The maximum Gasteiger partial charge on any atom is 2.00 e. The molecule has 0 aliphatic rings. The Morgan fingerprint density at radius 2 is 0.581 bits per heavy atom. The standard InChI is InChI=1S/3C25H21N5O3.4ClH.2Fe/c3*1-18(20-6-9-22(10-7-20)30(31)32)27-15-21-8-11-23(16-28-21)33-17-19-5-12-25(29-14-19)24-4-2-3-13-26-24;;;;;;/h3*2-16,18H,17H2,1H3;4*1H;;/q;;;;;;;2*+2/p-4/t3*18-;;;;;;/m000....../s1. The summed E-state index contributed by atoms with van der Waals surface area (Å²) in [7, 11) is 0. The third-order valence-electron chi connectivity index (χ3n) is 14.8. The molecule has 0 aliphatic heterocycles. The second-order valence-corrected chi connectivity index (χ2v) is 21.8. The number of non-ortho nitro benzene ring substituents is 3. The predicted molar refractivity (Wildman–Crippen MR) is 375 cm³/mol. The van der Waals surface area contributed by atoms with E-state index in [2.05, 4.69) is 59.8 Å². The minimum atomic E-state index is -0.418. The van der Waals surface area contributed by atoms with Crippen molar-refractivity contribution in [1.82, 2.24) is 44.9 Å². The normalized spacial score (nSPS) is 11.2. The van der Waals surface area contributed by atoms with Gasteiger partial charge in [0.15, 0.2) is 0 Å². The topological polar surface area (TPSA) is 310 Å². The molecule has 0 saturated carbocycles. The van der Waals surface area contributed by atoms with E-state index in [1.54, 1.807) is 111 Å². The largest absolute Gasteiger partial charge is 2.00 e. The average Bonchev–Trinajstić information content (AvgIpc) is 0.876. The van der Waals surface area contributed by atoms with Gasteiger partial charge in [-0.2, -0.15) is 0 Å². The number of pyridine rings is 9. The van der Waals surface area contributed by atoms with Crippen LogP contribution in [0.25, 0.3) is 34.2 Å². The van der Waals surface area contributed by atoms with Crippen LogP contribution < -0.4 is 63.8 Å². The first kappa shape index (κ1) is 86.2. The molecule has 9 aromatic heterocycles. The van der Waals surface area contributed by atoms with Crippen LogP contribution in [-0.4, -0.2) is 78.3 Å². The maximum absolute atomic E-state index is 10.8. The average molecular weight is 1570 g/mol. The molecule has 0 unspecified atom stereocenters. The van der Waals surface area contributed by atoms with Gasteiger partial charge in [-0.15, -0.1) is 0 Å². The number of nitro groups is 3. The zero-order chi connectivity index (χ0) is 69.1. The summed E-state index contributed by atoms with van der Waals surface area (Å²) in [4.78, 5) is 83.8. The number of nitro benzene ring substituents is 3. The van der Waals surface area contributed by atoms with Crippen molar-refractivity contribution < 1.29 is 113 Å². The van der Waals surface area contributed by atoms with Crippen LogP contribution in [-0.2, 0) is 54.0 Å². The molecule has 0 amide bonds. The van der Waals surface area contributed by atoms with Crippen molar-refractivity contribution >= 4 is 35.7 Å². The third-order valence-corrected chi connectivity index (χ3v) is 14.8. The van der Waals surface area contributed by atoms with Gasteiger partial charge in [0.25, 0.3) is 17.1 Å². The fourth-order valence-electron chi connectivity index (χ4n) is 9.13. The van der Waals surface area contributed by atoms with Crippen LogP contribution in [0.15, 0.2) is 271 Å². The molecule has 9 heterocycles. The number of aromatic nitrogens is 9. The number of aliphatic imine (C=N–C) groups is 3. The quantitative estimate of drug-likeness (QED) is 0.0361. The zero-order valence-electron chi connectivity index (χ0n) is 55.9. The molecule has 0 bridgehead atoms. The molecule has 536 valence electrons. The number of hydrogen-bond acceptors (Lipinski definition) is 21. The van der Waals surface area contributed by atoms with Crippen LogP contribution in [0.4, 0.5) is 17.1 Å². The van der Waals surface area contributed by atoms with Crippen molar-refractivity contribution in [3.8, 4) is 51.4 Å². The first-order valence-electron chi connectivity index (χ1n) is 30.9. The van der Waals surface area contributed by atoms with E-state index in [0.29, 0.717) is 54.2 Å². The van der Waals surface area contributed by atoms with E-state index < -0.39 is 14.8 Å². The van der Waals surface area contributed by atoms with Gasteiger partial charge in [-0.25, -0.2) is 0 Å². The summed E-state index contributed by atoms with van der Waals surface area (Å²) in [6.07, 6.45) is 20.5. The molecule has 0 aliphatic carbocycles. The summed E-state index contributed by atoms with van der Waals surface area (Å²) in [5.74, 6) is 1.93. The number of nitrogens with zero attached hydrogens (tertiary/aromatic N) is 15. The Balaban J connectivity index is 0.000000324. The van der Waals surface area contributed by atoms with Crippen molar-refractivity contribution in [3.63, 3.8) is 0 Å². The third kappa shape index (κ3) is 26.9. The molecule has 0 fully saturated rings. The molecule has 12 aromatic rings. The van der Waals surface area contributed by atoms with E-state index in [4.69, 9.17) is 14.2 Å². The fraction of sp³-hybridized carbons (Fsp3) is 0.120. The molecular weight excluding hydrogens is 1510 g/mol. The summed E-state index contributed by atoms with van der Waals surface area (Å²) < 4.78 is 17.4. The number of rotatable bonds is 24. The molecule has 0 radical (unpaired) electrons. The first-order chi connectivity index (χ1) is 48.2. The van der Waals surface area contributed by atoms with Crippen LogP contribution >= 0.6 is 0 Å². The van der Waals surface area contributed by atoms with Crippen molar-refractivity contribution in [2.75, 3.05) is 0 Å². The van der Waals surface area contributed by atoms with E-state index in [0.717, 1.165) is 67.5 Å². The summed E-state index contributed by atoms with van der Waals surface area (Å²) >= 11 is 0. The zero-order valence-corrected chi connectivity index (χ0v) is 61.2. The molecule has 24 nitrogen and oxygen atoms in total. The summed E-state index contributed by atoms with van der Waals surface area (Å²) in [6.45, 7) is 6.89. The van der Waals surface area contributed by atoms with Gasteiger partial charge >= 0.3 is 34.1 Å². The number of halogens is 4. The van der Waals surface area contributed by atoms with Gasteiger partial charge in [0.1, 0.15) is 37.1 Å². The van der Waals surface area contributed by atoms with E-state index in [9.17, 15) is 30.3 Å². The fourth-order valence-corrected chi connectivity index (χ4v) is 9.13. The van der Waals surface area contributed by atoms with Crippen LogP contribution in [0.5, 0.6) is 17.2 Å². The van der Waals surface area contributed by atoms with Gasteiger partial charge in [0.05, 0.1) is 103 Å². The Bertz CT molecular complexity index is 4190. The van der Waals surface area contributed by atoms with E-state index in [-0.39, 0.29) is 119 Å². The second kappa shape index (κ2) is 44.4. The van der Waals surface area contributed by atoms with Crippen molar-refractivity contribution in [2.24, 2.45) is 15.0 Å². The molecule has 0 N–H and O–H groups in total. The van der Waals surface area contributed by atoms with Crippen LogP contribution in [0.1, 0.15) is 89.4 Å². The summed E-state index contributed by atoms with van der Waals surface area (Å²) in [5, 5.41) is 32.3. The molecule has 105 heavy (non-hydrogen) atoms.